The van der Waals surface area contributed by atoms with Gasteiger partial charge in [0.15, 0.2) is 6.17 Å². The molecule has 7 aromatic rings. The smallest absolute Gasteiger partial charge is 0.169 e. The van der Waals surface area contributed by atoms with Crippen LogP contribution in [-0.4, -0.2) is 11.7 Å². The first-order valence-corrected chi connectivity index (χ1v) is 20.5. The Kier molecular flexibility index (Phi) is 8.14. The van der Waals surface area contributed by atoms with Gasteiger partial charge in [-0.2, -0.15) is 0 Å². The summed E-state index contributed by atoms with van der Waals surface area (Å²) in [5.74, 6) is 3.58. The molecule has 5 unspecified atom stereocenters. The molecule has 1 N–H and O–H groups in total. The maximum atomic E-state index is 6.54. The zero-order valence-corrected chi connectivity index (χ0v) is 32.6. The fourth-order valence-corrected chi connectivity index (χ4v) is 9.98. The number of furan rings is 1. The molecule has 4 aliphatic rings. The second-order valence-corrected chi connectivity index (χ2v) is 16.2. The van der Waals surface area contributed by atoms with Crippen LogP contribution in [0.2, 0.25) is 0 Å². The van der Waals surface area contributed by atoms with Crippen molar-refractivity contribution < 1.29 is 4.42 Å². The van der Waals surface area contributed by atoms with Crippen molar-refractivity contribution in [2.75, 3.05) is 0 Å². The highest BCUT2D eigenvalue weighted by Crippen LogP contribution is 2.59. The van der Waals surface area contributed by atoms with Gasteiger partial charge in [-0.25, -0.2) is 9.98 Å². The lowest BCUT2D eigenvalue weighted by atomic mass is 9.60. The zero-order valence-electron chi connectivity index (χ0n) is 32.6. The SMILES string of the molecule is CC1CC=Cc2c1oc1cc(C3N=C(c4ccc(-c5ccccc5)cc4)NC(c4ccc5c(c4)-c4ccccc4C5(c4ccccc4)C4C=CC=CC4C)=N3)ccc21. The summed E-state index contributed by atoms with van der Waals surface area (Å²) in [7, 11) is 0. The van der Waals surface area contributed by atoms with Gasteiger partial charge in [-0.3, -0.25) is 0 Å². The molecule has 0 bridgehead atoms. The molecule has 3 aliphatic carbocycles. The minimum absolute atomic E-state index is 0.237. The summed E-state index contributed by atoms with van der Waals surface area (Å²) < 4.78 is 6.54. The van der Waals surface area contributed by atoms with Crippen molar-refractivity contribution in [3.8, 4) is 22.3 Å². The molecule has 0 radical (unpaired) electrons. The molecule has 1 aliphatic heterocycles. The Bertz CT molecular complexity index is 2880. The lowest BCUT2D eigenvalue weighted by molar-refractivity contribution is 0.374. The Hall–Kier alpha value is -6.78. The first kappa shape index (κ1) is 34.5. The molecular formula is C54H43N3O. The fourth-order valence-electron chi connectivity index (χ4n) is 9.98. The van der Waals surface area contributed by atoms with Crippen molar-refractivity contribution in [2.24, 2.45) is 21.8 Å². The Morgan fingerprint density at radius 2 is 1.29 bits per heavy atom. The van der Waals surface area contributed by atoms with Crippen LogP contribution in [0.25, 0.3) is 39.3 Å². The van der Waals surface area contributed by atoms with E-state index in [-0.39, 0.29) is 11.3 Å². The molecular weight excluding hydrogens is 707 g/mol. The van der Waals surface area contributed by atoms with Crippen LogP contribution in [0.15, 0.2) is 190 Å². The molecule has 2 heterocycles. The summed E-state index contributed by atoms with van der Waals surface area (Å²) in [6, 6.07) is 52.8. The molecule has 58 heavy (non-hydrogen) atoms. The van der Waals surface area contributed by atoms with Gasteiger partial charge in [0.25, 0.3) is 0 Å². The largest absolute Gasteiger partial charge is 0.460 e. The molecule has 4 nitrogen and oxygen atoms in total. The average Bonchev–Trinajstić information content (AvgIpc) is 3.81. The third kappa shape index (κ3) is 5.43. The van der Waals surface area contributed by atoms with Crippen molar-refractivity contribution in [3.05, 3.63) is 221 Å². The molecule has 0 spiro atoms. The van der Waals surface area contributed by atoms with Gasteiger partial charge in [-0.05, 0) is 63.4 Å². The number of amidine groups is 2. The quantitative estimate of drug-likeness (QED) is 0.184. The van der Waals surface area contributed by atoms with Crippen molar-refractivity contribution in [1.29, 1.82) is 0 Å². The Balaban J connectivity index is 1.05. The molecule has 0 fully saturated rings. The predicted molar refractivity (Wildman–Crippen MR) is 238 cm³/mol. The monoisotopic (exact) mass is 749 g/mol. The van der Waals surface area contributed by atoms with Gasteiger partial charge < -0.3 is 9.73 Å². The highest BCUT2D eigenvalue weighted by molar-refractivity contribution is 6.16. The summed E-state index contributed by atoms with van der Waals surface area (Å²) in [4.78, 5) is 10.7. The molecule has 0 amide bonds. The van der Waals surface area contributed by atoms with E-state index in [9.17, 15) is 0 Å². The van der Waals surface area contributed by atoms with E-state index in [1.54, 1.807) is 0 Å². The Morgan fingerprint density at radius 3 is 2.10 bits per heavy atom. The van der Waals surface area contributed by atoms with Crippen LogP contribution in [0.1, 0.15) is 77.1 Å². The molecule has 5 atom stereocenters. The maximum Gasteiger partial charge on any atom is 0.169 e. The number of hydrogen-bond donors (Lipinski definition) is 1. The molecule has 1 aromatic heterocycles. The first-order valence-electron chi connectivity index (χ1n) is 20.5. The normalized spacial score (nSPS) is 22.8. The number of fused-ring (bicyclic) bond motifs is 6. The number of aliphatic imine (C=N–C) groups is 2. The van der Waals surface area contributed by atoms with E-state index < -0.39 is 6.17 Å². The van der Waals surface area contributed by atoms with Gasteiger partial charge in [0.05, 0.1) is 5.41 Å². The Labute approximate surface area is 339 Å². The zero-order chi connectivity index (χ0) is 38.8. The maximum absolute atomic E-state index is 6.54. The number of rotatable bonds is 6. The molecule has 6 aromatic carbocycles. The molecule has 0 saturated heterocycles. The van der Waals surface area contributed by atoms with Gasteiger partial charge in [0.2, 0.25) is 0 Å². The lowest BCUT2D eigenvalue weighted by Gasteiger charge is -2.42. The van der Waals surface area contributed by atoms with Gasteiger partial charge in [-0.15, -0.1) is 0 Å². The summed E-state index contributed by atoms with van der Waals surface area (Å²) in [6.07, 6.45) is 14.2. The van der Waals surface area contributed by atoms with Crippen LogP contribution in [-0.2, 0) is 5.41 Å². The van der Waals surface area contributed by atoms with Gasteiger partial charge in [0.1, 0.15) is 23.0 Å². The van der Waals surface area contributed by atoms with Crippen LogP contribution < -0.4 is 5.32 Å². The fraction of sp³-hybridized carbons (Fsp3) is 0.148. The Morgan fingerprint density at radius 1 is 0.621 bits per heavy atom. The summed E-state index contributed by atoms with van der Waals surface area (Å²) in [5.41, 5.74) is 13.6. The van der Waals surface area contributed by atoms with Crippen molar-refractivity contribution in [1.82, 2.24) is 5.32 Å². The standard InChI is InChI=1S/C54H43N3O/c1-34-14-9-11-22-46(34)54(41-18-7-4-8-19-41)47-23-12-10-20-42(47)45-32-39(29-31-48(45)54)52-55-51(38-26-24-37(25-27-38)36-16-5-3-6-17-36)56-53(57-52)40-28-30-43-44-21-13-15-35(2)50(44)58-49(43)33-40/h3-14,16-35,46,53H,15H2,1-2H3,(H,55,56,57). The first-order chi connectivity index (χ1) is 28.6. The van der Waals surface area contributed by atoms with E-state index in [0.717, 1.165) is 51.5 Å². The highest BCUT2D eigenvalue weighted by Gasteiger charge is 2.50. The second kappa shape index (κ2) is 13.7. The topological polar surface area (TPSA) is 49.9 Å². The number of benzene rings is 6. The minimum atomic E-state index is -0.469. The van der Waals surface area contributed by atoms with Gasteiger partial charge >= 0.3 is 0 Å². The van der Waals surface area contributed by atoms with Crippen LogP contribution in [0.5, 0.6) is 0 Å². The number of nitrogens with one attached hydrogen (secondary N) is 1. The summed E-state index contributed by atoms with van der Waals surface area (Å²) in [5, 5.41) is 4.85. The van der Waals surface area contributed by atoms with Crippen molar-refractivity contribution in [2.45, 2.75) is 37.8 Å². The highest BCUT2D eigenvalue weighted by atomic mass is 16.3. The van der Waals surface area contributed by atoms with E-state index in [1.165, 1.54) is 44.5 Å². The van der Waals surface area contributed by atoms with Gasteiger partial charge in [0, 0.05) is 39.5 Å². The predicted octanol–water partition coefficient (Wildman–Crippen LogP) is 12.8. The number of nitrogens with zero attached hydrogens (tertiary/aromatic N) is 2. The van der Waals surface area contributed by atoms with E-state index in [4.69, 9.17) is 14.4 Å². The average molecular weight is 750 g/mol. The minimum Gasteiger partial charge on any atom is -0.460 e. The van der Waals surface area contributed by atoms with Gasteiger partial charge in [-0.1, -0.05) is 184 Å². The third-order valence-corrected chi connectivity index (χ3v) is 12.8. The summed E-state index contributed by atoms with van der Waals surface area (Å²) >= 11 is 0. The van der Waals surface area contributed by atoms with Crippen LogP contribution in [0.3, 0.4) is 0 Å². The van der Waals surface area contributed by atoms with E-state index in [1.807, 2.05) is 0 Å². The molecule has 280 valence electrons. The van der Waals surface area contributed by atoms with Crippen LogP contribution >= 0.6 is 0 Å². The molecule has 4 heteroatoms. The molecule has 11 rings (SSSR count). The lowest BCUT2D eigenvalue weighted by Crippen LogP contribution is -2.39. The third-order valence-electron chi connectivity index (χ3n) is 12.8. The van der Waals surface area contributed by atoms with E-state index >= 15 is 0 Å². The van der Waals surface area contributed by atoms with Crippen LogP contribution in [0, 0.1) is 11.8 Å². The van der Waals surface area contributed by atoms with Crippen LogP contribution in [0.4, 0.5) is 0 Å². The van der Waals surface area contributed by atoms with Crippen molar-refractivity contribution >= 4 is 28.7 Å². The van der Waals surface area contributed by atoms with E-state index in [2.05, 4.69) is 201 Å². The number of hydrogen-bond acceptors (Lipinski definition) is 4. The van der Waals surface area contributed by atoms with Crippen molar-refractivity contribution in [3.63, 3.8) is 0 Å². The molecule has 0 saturated carbocycles. The van der Waals surface area contributed by atoms with E-state index in [0.29, 0.717) is 11.8 Å². The number of allylic oxidation sites excluding steroid dienone is 5. The second-order valence-electron chi connectivity index (χ2n) is 16.2. The summed E-state index contributed by atoms with van der Waals surface area (Å²) in [6.45, 7) is 4.59.